The number of benzene rings is 3. The zero-order valence-corrected chi connectivity index (χ0v) is 19.4. The van der Waals surface area contributed by atoms with E-state index in [4.69, 9.17) is 16.3 Å². The molecular formula is C27H26ClN3O3. The van der Waals surface area contributed by atoms with Crippen LogP contribution in [0, 0.1) is 5.92 Å². The Bertz CT molecular complexity index is 1140. The number of carbonyl (C=O) groups excluding carboxylic acids is 2. The molecule has 4 rings (SSSR count). The predicted octanol–water partition coefficient (Wildman–Crippen LogP) is 4.92. The number of hydrogen-bond acceptors (Lipinski definition) is 4. The van der Waals surface area contributed by atoms with Crippen molar-refractivity contribution >= 4 is 29.6 Å². The lowest BCUT2D eigenvalue weighted by molar-refractivity contribution is -0.126. The minimum absolute atomic E-state index is 0.0390. The summed E-state index contributed by atoms with van der Waals surface area (Å²) in [5, 5.41) is 4.71. The van der Waals surface area contributed by atoms with Crippen molar-refractivity contribution in [1.82, 2.24) is 10.3 Å². The Hall–Kier alpha value is -3.64. The van der Waals surface area contributed by atoms with Gasteiger partial charge in [-0.1, -0.05) is 54.1 Å². The maximum atomic E-state index is 12.6. The lowest BCUT2D eigenvalue weighted by Crippen LogP contribution is -2.42. The van der Waals surface area contributed by atoms with Crippen LogP contribution in [0.2, 0.25) is 5.02 Å². The number of piperidine rings is 1. The zero-order chi connectivity index (χ0) is 23.8. The molecule has 1 aliphatic heterocycles. The van der Waals surface area contributed by atoms with E-state index < -0.39 is 0 Å². The summed E-state index contributed by atoms with van der Waals surface area (Å²) in [5.74, 6) is 0.387. The van der Waals surface area contributed by atoms with Crippen LogP contribution >= 0.6 is 11.6 Å². The molecule has 0 aromatic heterocycles. The Labute approximate surface area is 204 Å². The summed E-state index contributed by atoms with van der Waals surface area (Å²) in [6.45, 7) is 1.55. The third-order valence-electron chi connectivity index (χ3n) is 5.74. The summed E-state index contributed by atoms with van der Waals surface area (Å²) >= 11 is 5.89. The van der Waals surface area contributed by atoms with Crippen LogP contribution in [0.3, 0.4) is 0 Å². The van der Waals surface area contributed by atoms with E-state index in [1.807, 2.05) is 54.6 Å². The van der Waals surface area contributed by atoms with Crippen LogP contribution < -0.4 is 10.2 Å². The number of hydrogen-bond donors (Lipinski definition) is 1. The van der Waals surface area contributed by atoms with Gasteiger partial charge in [-0.15, -0.1) is 0 Å². The SMILES string of the molecule is O=C(N/N=C\c1cccc(OCc2ccccc2)c1)C1CCN(C(=O)c2ccc(Cl)cc2)CC1. The molecule has 2 amide bonds. The van der Waals surface area contributed by atoms with Crippen molar-refractivity contribution in [2.45, 2.75) is 19.4 Å². The van der Waals surface area contributed by atoms with E-state index >= 15 is 0 Å². The molecule has 0 saturated carbocycles. The standard InChI is InChI=1S/C27H26ClN3O3/c28-24-11-9-23(10-12-24)27(33)31-15-13-22(14-16-31)26(32)30-29-18-21-7-4-8-25(17-21)34-19-20-5-2-1-3-6-20/h1-12,17-18,22H,13-16,19H2,(H,30,32)/b29-18-. The van der Waals surface area contributed by atoms with Gasteiger partial charge in [-0.3, -0.25) is 9.59 Å². The molecule has 1 fully saturated rings. The minimum atomic E-state index is -0.174. The maximum Gasteiger partial charge on any atom is 0.253 e. The normalized spacial score (nSPS) is 14.2. The van der Waals surface area contributed by atoms with Crippen molar-refractivity contribution in [3.63, 3.8) is 0 Å². The second-order valence-corrected chi connectivity index (χ2v) is 8.59. The van der Waals surface area contributed by atoms with Gasteiger partial charge in [-0.2, -0.15) is 5.10 Å². The first kappa shape index (κ1) is 23.5. The molecular weight excluding hydrogens is 450 g/mol. The molecule has 1 N–H and O–H groups in total. The highest BCUT2D eigenvalue weighted by Crippen LogP contribution is 2.20. The molecule has 0 bridgehead atoms. The third kappa shape index (κ3) is 6.45. The Morgan fingerprint density at radius 3 is 2.47 bits per heavy atom. The molecule has 0 spiro atoms. The molecule has 34 heavy (non-hydrogen) atoms. The van der Waals surface area contributed by atoms with E-state index in [1.165, 1.54) is 0 Å². The van der Waals surface area contributed by atoms with E-state index in [9.17, 15) is 9.59 Å². The summed E-state index contributed by atoms with van der Waals surface area (Å²) in [4.78, 5) is 26.9. The fourth-order valence-corrected chi connectivity index (χ4v) is 3.93. The van der Waals surface area contributed by atoms with Crippen LogP contribution in [0.5, 0.6) is 5.75 Å². The van der Waals surface area contributed by atoms with Crippen molar-refractivity contribution in [3.8, 4) is 5.75 Å². The van der Waals surface area contributed by atoms with E-state index in [-0.39, 0.29) is 17.7 Å². The molecule has 174 valence electrons. The van der Waals surface area contributed by atoms with Crippen LogP contribution in [0.1, 0.15) is 34.3 Å². The minimum Gasteiger partial charge on any atom is -0.489 e. The molecule has 0 unspecified atom stereocenters. The zero-order valence-electron chi connectivity index (χ0n) is 18.7. The summed E-state index contributed by atoms with van der Waals surface area (Å²) in [6, 6.07) is 24.4. The van der Waals surface area contributed by atoms with Gasteiger partial charge in [0.25, 0.3) is 5.91 Å². The van der Waals surface area contributed by atoms with E-state index in [0.717, 1.165) is 16.9 Å². The van der Waals surface area contributed by atoms with Crippen molar-refractivity contribution in [2.24, 2.45) is 11.0 Å². The Morgan fingerprint density at radius 2 is 1.74 bits per heavy atom. The van der Waals surface area contributed by atoms with Gasteiger partial charge in [-0.25, -0.2) is 5.43 Å². The number of nitrogens with one attached hydrogen (secondary N) is 1. The number of hydrazone groups is 1. The first-order valence-corrected chi connectivity index (χ1v) is 11.6. The van der Waals surface area contributed by atoms with Crippen LogP contribution in [-0.4, -0.2) is 36.0 Å². The second kappa shape index (κ2) is 11.5. The van der Waals surface area contributed by atoms with Gasteiger partial charge in [0.05, 0.1) is 6.21 Å². The van der Waals surface area contributed by atoms with Crippen molar-refractivity contribution < 1.29 is 14.3 Å². The van der Waals surface area contributed by atoms with Crippen LogP contribution in [-0.2, 0) is 11.4 Å². The first-order chi connectivity index (χ1) is 16.6. The number of halogens is 1. The third-order valence-corrected chi connectivity index (χ3v) is 5.99. The number of nitrogens with zero attached hydrogens (tertiary/aromatic N) is 2. The van der Waals surface area contributed by atoms with Crippen LogP contribution in [0.4, 0.5) is 0 Å². The summed E-state index contributed by atoms with van der Waals surface area (Å²) in [7, 11) is 0. The van der Waals surface area contributed by atoms with Crippen LogP contribution in [0.25, 0.3) is 0 Å². The molecule has 1 heterocycles. The number of rotatable bonds is 7. The largest absolute Gasteiger partial charge is 0.489 e. The fraction of sp³-hybridized carbons (Fsp3) is 0.222. The maximum absolute atomic E-state index is 12.6. The van der Waals surface area contributed by atoms with Gasteiger partial charge >= 0.3 is 0 Å². The van der Waals surface area contributed by atoms with Gasteiger partial charge < -0.3 is 9.64 Å². The number of amides is 2. The molecule has 1 aliphatic rings. The quantitative estimate of drug-likeness (QED) is 0.389. The fourth-order valence-electron chi connectivity index (χ4n) is 3.81. The van der Waals surface area contributed by atoms with Crippen molar-refractivity contribution in [1.29, 1.82) is 0 Å². The number of likely N-dealkylation sites (tertiary alicyclic amines) is 1. The van der Waals surface area contributed by atoms with E-state index in [2.05, 4.69) is 10.5 Å². The molecule has 7 heteroatoms. The lowest BCUT2D eigenvalue weighted by Gasteiger charge is -2.31. The highest BCUT2D eigenvalue weighted by molar-refractivity contribution is 6.30. The average Bonchev–Trinajstić information content (AvgIpc) is 2.88. The van der Waals surface area contributed by atoms with Crippen molar-refractivity contribution in [3.05, 3.63) is 101 Å². The summed E-state index contributed by atoms with van der Waals surface area (Å²) in [5.41, 5.74) is 5.16. The van der Waals surface area contributed by atoms with Crippen molar-refractivity contribution in [2.75, 3.05) is 13.1 Å². The molecule has 3 aromatic carbocycles. The Kier molecular flexibility index (Phi) is 7.94. The second-order valence-electron chi connectivity index (χ2n) is 8.15. The summed E-state index contributed by atoms with van der Waals surface area (Å²) < 4.78 is 5.83. The molecule has 0 aliphatic carbocycles. The van der Waals surface area contributed by atoms with E-state index in [1.54, 1.807) is 35.4 Å². The highest BCUT2D eigenvalue weighted by Gasteiger charge is 2.27. The van der Waals surface area contributed by atoms with Gasteiger partial charge in [0.15, 0.2) is 0 Å². The molecule has 1 saturated heterocycles. The van der Waals surface area contributed by atoms with Gasteiger partial charge in [0, 0.05) is 29.6 Å². The monoisotopic (exact) mass is 475 g/mol. The average molecular weight is 476 g/mol. The van der Waals surface area contributed by atoms with Gasteiger partial charge in [-0.05, 0) is 60.4 Å². The highest BCUT2D eigenvalue weighted by atomic mass is 35.5. The Balaban J connectivity index is 1.23. The number of carbonyl (C=O) groups is 2. The molecule has 3 aromatic rings. The van der Waals surface area contributed by atoms with Gasteiger partial charge in [0.2, 0.25) is 5.91 Å². The summed E-state index contributed by atoms with van der Waals surface area (Å²) in [6.07, 6.45) is 2.81. The molecule has 6 nitrogen and oxygen atoms in total. The van der Waals surface area contributed by atoms with Crippen LogP contribution in [0.15, 0.2) is 84.0 Å². The Morgan fingerprint density at radius 1 is 1.00 bits per heavy atom. The van der Waals surface area contributed by atoms with Gasteiger partial charge in [0.1, 0.15) is 12.4 Å². The molecule has 0 radical (unpaired) electrons. The molecule has 0 atom stereocenters. The smallest absolute Gasteiger partial charge is 0.253 e. The number of ether oxygens (including phenoxy) is 1. The van der Waals surface area contributed by atoms with E-state index in [0.29, 0.717) is 43.1 Å². The predicted molar refractivity (Wildman–Crippen MR) is 133 cm³/mol. The topological polar surface area (TPSA) is 71.0 Å². The lowest BCUT2D eigenvalue weighted by atomic mass is 9.95. The first-order valence-electron chi connectivity index (χ1n) is 11.2.